The summed E-state index contributed by atoms with van der Waals surface area (Å²) in [6, 6.07) is 13.3. The molecule has 0 unspecified atom stereocenters. The molecular formula is C21H16N2O4S2. The smallest absolute Gasteiger partial charge is 0.267 e. The van der Waals surface area contributed by atoms with Crippen LogP contribution >= 0.6 is 22.7 Å². The van der Waals surface area contributed by atoms with Crippen molar-refractivity contribution in [1.29, 1.82) is 0 Å². The summed E-state index contributed by atoms with van der Waals surface area (Å²) >= 11 is 2.86. The Hall–Kier alpha value is -3.10. The van der Waals surface area contributed by atoms with Crippen molar-refractivity contribution in [3.63, 3.8) is 0 Å². The molecule has 2 aromatic carbocycles. The number of nitrogens with one attached hydrogen (secondary N) is 1. The molecule has 0 saturated carbocycles. The molecule has 0 bridgehead atoms. The predicted octanol–water partition coefficient (Wildman–Crippen LogP) is 5.23. The number of nitrogens with zero attached hydrogens (tertiary/aromatic N) is 1. The zero-order chi connectivity index (χ0) is 19.8. The number of amides is 1. The van der Waals surface area contributed by atoms with Gasteiger partial charge < -0.3 is 14.2 Å². The summed E-state index contributed by atoms with van der Waals surface area (Å²) in [5.74, 6) is 1.92. The van der Waals surface area contributed by atoms with E-state index < -0.39 is 0 Å². The zero-order valence-electron chi connectivity index (χ0n) is 15.4. The molecule has 0 radical (unpaired) electrons. The Labute approximate surface area is 174 Å². The van der Waals surface area contributed by atoms with E-state index in [-0.39, 0.29) is 12.7 Å². The quantitative estimate of drug-likeness (QED) is 0.475. The topological polar surface area (TPSA) is 69.7 Å². The number of anilines is 1. The minimum Gasteiger partial charge on any atom is -0.489 e. The second-order valence-electron chi connectivity index (χ2n) is 6.52. The molecule has 1 aliphatic rings. The molecular weight excluding hydrogens is 408 g/mol. The molecule has 4 aromatic rings. The molecule has 0 fully saturated rings. The third kappa shape index (κ3) is 3.64. The van der Waals surface area contributed by atoms with E-state index in [0.29, 0.717) is 28.1 Å². The zero-order valence-corrected chi connectivity index (χ0v) is 17.1. The van der Waals surface area contributed by atoms with Crippen molar-refractivity contribution in [1.82, 2.24) is 4.98 Å². The van der Waals surface area contributed by atoms with E-state index >= 15 is 0 Å². The number of aryl methyl sites for hydroxylation is 1. The predicted molar refractivity (Wildman–Crippen MR) is 114 cm³/mol. The van der Waals surface area contributed by atoms with Gasteiger partial charge in [0.15, 0.2) is 16.6 Å². The normalized spacial score (nSPS) is 12.3. The molecule has 146 valence electrons. The van der Waals surface area contributed by atoms with Crippen LogP contribution in [0.4, 0.5) is 5.13 Å². The minimum atomic E-state index is -0.166. The SMILES string of the molecule is Cc1cccc2sc(NC(=O)c3cc(COc4ccc5c(c4)OCO5)cs3)nc12. The van der Waals surface area contributed by atoms with Gasteiger partial charge in [-0.25, -0.2) is 4.98 Å². The average Bonchev–Trinajstić information content (AvgIpc) is 3.45. The Morgan fingerprint density at radius 1 is 1.21 bits per heavy atom. The van der Waals surface area contributed by atoms with Gasteiger partial charge in [0, 0.05) is 11.6 Å². The molecule has 6 nitrogen and oxygen atoms in total. The summed E-state index contributed by atoms with van der Waals surface area (Å²) in [6.07, 6.45) is 0. The van der Waals surface area contributed by atoms with E-state index in [9.17, 15) is 4.79 Å². The number of thiazole rings is 1. The van der Waals surface area contributed by atoms with Crippen LogP contribution in [-0.4, -0.2) is 17.7 Å². The third-order valence-electron chi connectivity index (χ3n) is 4.47. The van der Waals surface area contributed by atoms with Crippen LogP contribution < -0.4 is 19.5 Å². The van der Waals surface area contributed by atoms with Crippen molar-refractivity contribution >= 4 is 43.9 Å². The first-order valence-corrected chi connectivity index (χ1v) is 10.6. The van der Waals surface area contributed by atoms with Crippen molar-refractivity contribution < 1.29 is 19.0 Å². The fourth-order valence-electron chi connectivity index (χ4n) is 3.00. The minimum absolute atomic E-state index is 0.166. The highest BCUT2D eigenvalue weighted by Gasteiger charge is 2.15. The molecule has 8 heteroatoms. The third-order valence-corrected chi connectivity index (χ3v) is 6.38. The number of para-hydroxylation sites is 1. The molecule has 0 atom stereocenters. The highest BCUT2D eigenvalue weighted by molar-refractivity contribution is 7.22. The van der Waals surface area contributed by atoms with Crippen LogP contribution in [-0.2, 0) is 6.61 Å². The van der Waals surface area contributed by atoms with Crippen molar-refractivity contribution in [3.8, 4) is 17.2 Å². The number of hydrogen-bond acceptors (Lipinski definition) is 7. The van der Waals surface area contributed by atoms with Crippen LogP contribution in [0.2, 0.25) is 0 Å². The summed E-state index contributed by atoms with van der Waals surface area (Å²) in [6.45, 7) is 2.61. The van der Waals surface area contributed by atoms with Crippen molar-refractivity contribution in [2.45, 2.75) is 13.5 Å². The van der Waals surface area contributed by atoms with Gasteiger partial charge >= 0.3 is 0 Å². The fraction of sp³-hybridized carbons (Fsp3) is 0.143. The second kappa shape index (κ2) is 7.38. The molecule has 0 spiro atoms. The van der Waals surface area contributed by atoms with Crippen molar-refractivity contribution in [3.05, 3.63) is 63.8 Å². The van der Waals surface area contributed by atoms with Gasteiger partial charge in [0.05, 0.1) is 15.1 Å². The number of thiophene rings is 1. The fourth-order valence-corrected chi connectivity index (χ4v) is 4.73. The highest BCUT2D eigenvalue weighted by atomic mass is 32.1. The van der Waals surface area contributed by atoms with E-state index in [2.05, 4.69) is 10.3 Å². The Morgan fingerprint density at radius 2 is 2.10 bits per heavy atom. The lowest BCUT2D eigenvalue weighted by Gasteiger charge is -2.05. The molecule has 2 aromatic heterocycles. The van der Waals surface area contributed by atoms with Crippen molar-refractivity contribution in [2.24, 2.45) is 0 Å². The number of carbonyl (C=O) groups is 1. The lowest BCUT2D eigenvalue weighted by atomic mass is 10.2. The van der Waals surface area contributed by atoms with Gasteiger partial charge in [-0.15, -0.1) is 11.3 Å². The van der Waals surface area contributed by atoms with Crippen LogP contribution in [0.3, 0.4) is 0 Å². The number of hydrogen-bond donors (Lipinski definition) is 1. The van der Waals surface area contributed by atoms with Gasteiger partial charge in [-0.1, -0.05) is 23.5 Å². The van der Waals surface area contributed by atoms with Crippen LogP contribution in [0.5, 0.6) is 17.2 Å². The number of rotatable bonds is 5. The first kappa shape index (κ1) is 18.0. The van der Waals surface area contributed by atoms with E-state index in [1.807, 2.05) is 48.7 Å². The number of aromatic nitrogens is 1. The second-order valence-corrected chi connectivity index (χ2v) is 8.46. The van der Waals surface area contributed by atoms with Crippen LogP contribution in [0, 0.1) is 6.92 Å². The summed E-state index contributed by atoms with van der Waals surface area (Å²) in [5, 5.41) is 5.42. The Balaban J connectivity index is 1.24. The molecule has 3 heterocycles. The number of fused-ring (bicyclic) bond motifs is 2. The van der Waals surface area contributed by atoms with Gasteiger partial charge in [0.2, 0.25) is 6.79 Å². The Bertz CT molecular complexity index is 1210. The number of ether oxygens (including phenoxy) is 3. The maximum absolute atomic E-state index is 12.6. The van der Waals surface area contributed by atoms with E-state index in [0.717, 1.165) is 27.1 Å². The number of carbonyl (C=O) groups excluding carboxylic acids is 1. The monoisotopic (exact) mass is 424 g/mol. The summed E-state index contributed by atoms with van der Waals surface area (Å²) < 4.78 is 17.5. The maximum atomic E-state index is 12.6. The van der Waals surface area contributed by atoms with Gasteiger partial charge in [0.25, 0.3) is 5.91 Å². The molecule has 1 aliphatic heterocycles. The molecule has 1 amide bonds. The Kier molecular flexibility index (Phi) is 4.57. The summed E-state index contributed by atoms with van der Waals surface area (Å²) in [7, 11) is 0. The standard InChI is InChI=1S/C21H16N2O4S2/c1-12-3-2-4-17-19(12)22-21(29-17)23-20(24)18-7-13(10-28-18)9-25-14-5-6-15-16(8-14)27-11-26-15/h2-8,10H,9,11H2,1H3,(H,22,23,24). The van der Waals surface area contributed by atoms with Crippen molar-refractivity contribution in [2.75, 3.05) is 12.1 Å². The highest BCUT2D eigenvalue weighted by Crippen LogP contribution is 2.35. The molecule has 0 saturated heterocycles. The largest absolute Gasteiger partial charge is 0.489 e. The molecule has 1 N–H and O–H groups in total. The van der Waals surface area contributed by atoms with Crippen LogP contribution in [0.15, 0.2) is 47.8 Å². The first-order valence-electron chi connectivity index (χ1n) is 8.93. The molecule has 0 aliphatic carbocycles. The lowest BCUT2D eigenvalue weighted by Crippen LogP contribution is -2.09. The van der Waals surface area contributed by atoms with Gasteiger partial charge in [-0.2, -0.15) is 0 Å². The first-order chi connectivity index (χ1) is 14.2. The van der Waals surface area contributed by atoms with E-state index in [1.165, 1.54) is 22.7 Å². The van der Waals surface area contributed by atoms with E-state index in [4.69, 9.17) is 14.2 Å². The van der Waals surface area contributed by atoms with Crippen LogP contribution in [0.1, 0.15) is 20.8 Å². The lowest BCUT2D eigenvalue weighted by molar-refractivity contribution is 0.103. The van der Waals surface area contributed by atoms with Gasteiger partial charge in [-0.3, -0.25) is 10.1 Å². The van der Waals surface area contributed by atoms with E-state index in [1.54, 1.807) is 6.07 Å². The summed E-state index contributed by atoms with van der Waals surface area (Å²) in [5.41, 5.74) is 2.95. The summed E-state index contributed by atoms with van der Waals surface area (Å²) in [4.78, 5) is 17.7. The molecule has 29 heavy (non-hydrogen) atoms. The van der Waals surface area contributed by atoms with Gasteiger partial charge in [0.1, 0.15) is 12.4 Å². The van der Waals surface area contributed by atoms with Gasteiger partial charge in [-0.05, 0) is 42.1 Å². The Morgan fingerprint density at radius 3 is 3.00 bits per heavy atom. The average molecular weight is 425 g/mol. The van der Waals surface area contributed by atoms with Crippen LogP contribution in [0.25, 0.3) is 10.2 Å². The maximum Gasteiger partial charge on any atom is 0.267 e. The molecule has 5 rings (SSSR count). The number of benzene rings is 2.